The Bertz CT molecular complexity index is 133. The second-order valence-corrected chi connectivity index (χ2v) is 4.67. The lowest BCUT2D eigenvalue weighted by Crippen LogP contribution is -2.12. The zero-order valence-electron chi connectivity index (χ0n) is 9.73. The summed E-state index contributed by atoms with van der Waals surface area (Å²) >= 11 is 0. The summed E-state index contributed by atoms with van der Waals surface area (Å²) in [4.78, 5) is 0. The molecule has 1 heterocycles. The summed E-state index contributed by atoms with van der Waals surface area (Å²) in [5.74, 6) is 1.92. The molecule has 0 aromatic heterocycles. The molecule has 0 saturated carbocycles. The largest absolute Gasteiger partial charge is 0.316 e. The van der Waals surface area contributed by atoms with Gasteiger partial charge in [-0.05, 0) is 37.8 Å². The Hall–Kier alpha value is -0.0400. The van der Waals surface area contributed by atoms with E-state index in [4.69, 9.17) is 0 Å². The molecule has 0 spiro atoms. The van der Waals surface area contributed by atoms with Crippen LogP contribution in [0.15, 0.2) is 0 Å². The highest BCUT2D eigenvalue weighted by atomic mass is 14.9. The average molecular weight is 196 g/mol. The summed E-state index contributed by atoms with van der Waals surface area (Å²) in [5, 5.41) is 3.54. The van der Waals surface area contributed by atoms with Crippen LogP contribution >= 0.6 is 0 Å². The Labute approximate surface area is 89.7 Å². The van der Waals surface area contributed by atoms with E-state index in [0.717, 1.165) is 18.3 Å². The predicted molar refractivity (Wildman–Crippen MR) is 63.2 cm³/mol. The second-order valence-electron chi connectivity index (χ2n) is 4.67. The van der Waals surface area contributed by atoms with Gasteiger partial charge in [-0.15, -0.1) is 0 Å². The lowest BCUT2D eigenvalue weighted by Gasteiger charge is -2.17. The molecule has 0 aromatic rings. The van der Waals surface area contributed by atoms with Gasteiger partial charge in [-0.25, -0.2) is 0 Å². The number of hydrogen-bond acceptors (Lipinski definition) is 1. The lowest BCUT2D eigenvalue weighted by atomic mass is 9.87. The third-order valence-corrected chi connectivity index (χ3v) is 3.48. The first kappa shape index (κ1) is 12.0. The number of hydrogen-bond donors (Lipinski definition) is 1. The van der Waals surface area contributed by atoms with Crippen LogP contribution in [0.4, 0.5) is 0 Å². The van der Waals surface area contributed by atoms with Crippen molar-refractivity contribution in [2.75, 3.05) is 13.1 Å². The Balaban J connectivity index is 2.14. The molecule has 0 aromatic carbocycles. The van der Waals surface area contributed by atoms with Gasteiger partial charge in [0.25, 0.3) is 0 Å². The van der Waals surface area contributed by atoms with E-state index in [1.165, 1.54) is 51.6 Å². The maximum atomic E-state index is 3.93. The van der Waals surface area contributed by atoms with Gasteiger partial charge in [0, 0.05) is 0 Å². The monoisotopic (exact) mass is 196 g/mol. The van der Waals surface area contributed by atoms with Crippen molar-refractivity contribution in [3.8, 4) is 0 Å². The zero-order chi connectivity index (χ0) is 10.2. The molecule has 0 amide bonds. The van der Waals surface area contributed by atoms with Gasteiger partial charge in [0.05, 0.1) is 0 Å². The number of nitrogens with one attached hydrogen (secondary N) is 1. The normalized spacial score (nSPS) is 27.0. The minimum atomic E-state index is 0.952. The molecular weight excluding hydrogens is 170 g/mol. The highest BCUT2D eigenvalue weighted by Crippen LogP contribution is 2.26. The van der Waals surface area contributed by atoms with E-state index in [9.17, 15) is 0 Å². The van der Waals surface area contributed by atoms with Crippen molar-refractivity contribution in [2.45, 2.75) is 51.9 Å². The maximum Gasteiger partial charge on any atom is -0.00173 e. The molecule has 83 valence electrons. The number of unbranched alkanes of at least 4 members (excludes halogenated alkanes) is 3. The molecule has 2 unspecified atom stereocenters. The van der Waals surface area contributed by atoms with Gasteiger partial charge in [0.2, 0.25) is 0 Å². The van der Waals surface area contributed by atoms with Gasteiger partial charge < -0.3 is 5.32 Å². The minimum absolute atomic E-state index is 0.952. The molecule has 0 bridgehead atoms. The van der Waals surface area contributed by atoms with Crippen molar-refractivity contribution in [3.63, 3.8) is 0 Å². The van der Waals surface area contributed by atoms with Crippen LogP contribution in [0.3, 0.4) is 0 Å². The van der Waals surface area contributed by atoms with Gasteiger partial charge >= 0.3 is 0 Å². The van der Waals surface area contributed by atoms with Crippen LogP contribution in [0.2, 0.25) is 0 Å². The quantitative estimate of drug-likeness (QED) is 0.615. The van der Waals surface area contributed by atoms with Gasteiger partial charge in [-0.3, -0.25) is 0 Å². The molecule has 14 heavy (non-hydrogen) atoms. The Morgan fingerprint density at radius 1 is 1.07 bits per heavy atom. The Morgan fingerprint density at radius 2 is 1.71 bits per heavy atom. The van der Waals surface area contributed by atoms with Crippen molar-refractivity contribution in [3.05, 3.63) is 6.92 Å². The third-order valence-electron chi connectivity index (χ3n) is 3.48. The van der Waals surface area contributed by atoms with Crippen LogP contribution in [-0.4, -0.2) is 13.1 Å². The fourth-order valence-electron chi connectivity index (χ4n) is 2.53. The molecule has 1 aliphatic rings. The maximum absolute atomic E-state index is 3.93. The topological polar surface area (TPSA) is 12.0 Å². The van der Waals surface area contributed by atoms with Crippen LogP contribution in [0.1, 0.15) is 51.9 Å². The fraction of sp³-hybridized carbons (Fsp3) is 0.923. The first-order valence-electron chi connectivity index (χ1n) is 6.38. The Kier molecular flexibility index (Phi) is 6.25. The van der Waals surface area contributed by atoms with Crippen molar-refractivity contribution < 1.29 is 0 Å². The van der Waals surface area contributed by atoms with E-state index in [0.29, 0.717) is 0 Å². The molecule has 1 fully saturated rings. The fourth-order valence-corrected chi connectivity index (χ4v) is 2.53. The smallest absolute Gasteiger partial charge is 0.00173 e. The molecule has 1 heteroatoms. The summed E-state index contributed by atoms with van der Waals surface area (Å²) in [6.45, 7) is 8.74. The van der Waals surface area contributed by atoms with Crippen LogP contribution in [0.5, 0.6) is 0 Å². The van der Waals surface area contributed by atoms with E-state index < -0.39 is 0 Å². The predicted octanol–water partition coefficient (Wildman–Crippen LogP) is 3.41. The van der Waals surface area contributed by atoms with Crippen LogP contribution in [0.25, 0.3) is 0 Å². The van der Waals surface area contributed by atoms with Gasteiger partial charge in [0.1, 0.15) is 0 Å². The number of rotatable bonds is 7. The van der Waals surface area contributed by atoms with Crippen LogP contribution < -0.4 is 5.32 Å². The summed E-state index contributed by atoms with van der Waals surface area (Å²) in [5.41, 5.74) is 0. The Morgan fingerprint density at radius 3 is 2.29 bits per heavy atom. The van der Waals surface area contributed by atoms with Gasteiger partial charge in [-0.1, -0.05) is 46.0 Å². The molecule has 1 radical (unpaired) electrons. The lowest BCUT2D eigenvalue weighted by molar-refractivity contribution is 0.353. The van der Waals surface area contributed by atoms with E-state index in [1.807, 2.05) is 0 Å². The first-order chi connectivity index (χ1) is 6.88. The molecule has 1 saturated heterocycles. The summed E-state index contributed by atoms with van der Waals surface area (Å²) in [6.07, 6.45) is 9.47. The second kappa shape index (κ2) is 7.28. The summed E-state index contributed by atoms with van der Waals surface area (Å²) < 4.78 is 0. The molecule has 1 nitrogen and oxygen atoms in total. The zero-order valence-corrected chi connectivity index (χ0v) is 9.73. The van der Waals surface area contributed by atoms with Crippen molar-refractivity contribution in [1.82, 2.24) is 5.32 Å². The summed E-state index contributed by atoms with van der Waals surface area (Å²) in [6, 6.07) is 0. The van der Waals surface area contributed by atoms with E-state index >= 15 is 0 Å². The van der Waals surface area contributed by atoms with E-state index in [-0.39, 0.29) is 0 Å². The van der Waals surface area contributed by atoms with Crippen LogP contribution in [-0.2, 0) is 0 Å². The van der Waals surface area contributed by atoms with Crippen molar-refractivity contribution >= 4 is 0 Å². The van der Waals surface area contributed by atoms with Crippen LogP contribution in [0, 0.1) is 18.8 Å². The summed E-state index contributed by atoms with van der Waals surface area (Å²) in [7, 11) is 0. The molecular formula is C13H26N. The van der Waals surface area contributed by atoms with Crippen molar-refractivity contribution in [1.29, 1.82) is 0 Å². The molecule has 1 rings (SSSR count). The van der Waals surface area contributed by atoms with E-state index in [1.54, 1.807) is 0 Å². The highest BCUT2D eigenvalue weighted by molar-refractivity contribution is 4.80. The first-order valence-corrected chi connectivity index (χ1v) is 6.38. The van der Waals surface area contributed by atoms with E-state index in [2.05, 4.69) is 19.2 Å². The molecule has 0 aliphatic carbocycles. The SMILES string of the molecule is [CH2]CCCC1CNCC1CCCCC. The third kappa shape index (κ3) is 4.00. The molecule has 1 N–H and O–H groups in total. The van der Waals surface area contributed by atoms with Crippen molar-refractivity contribution in [2.24, 2.45) is 11.8 Å². The van der Waals surface area contributed by atoms with Gasteiger partial charge in [0.15, 0.2) is 0 Å². The van der Waals surface area contributed by atoms with Gasteiger partial charge in [-0.2, -0.15) is 0 Å². The standard InChI is InChI=1S/C13H26N/c1-3-5-7-9-13-11-14-10-12(13)8-6-4-2/h12-14H,2-11H2,1H3. The highest BCUT2D eigenvalue weighted by Gasteiger charge is 2.25. The molecule has 1 aliphatic heterocycles. The molecule has 2 atom stereocenters. The average Bonchev–Trinajstić information content (AvgIpc) is 2.63. The minimum Gasteiger partial charge on any atom is -0.316 e.